The summed E-state index contributed by atoms with van der Waals surface area (Å²) in [7, 11) is 0. The lowest BCUT2D eigenvalue weighted by Gasteiger charge is -2.22. The first kappa shape index (κ1) is 22.5. The Kier molecular flexibility index (Phi) is 10.3. The number of nitrogens with one attached hydrogen (secondary N) is 3. The van der Waals surface area contributed by atoms with Crippen LogP contribution in [0.1, 0.15) is 57.9 Å². The van der Waals surface area contributed by atoms with Crippen LogP contribution in [0.3, 0.4) is 0 Å². The summed E-state index contributed by atoms with van der Waals surface area (Å²) in [5.41, 5.74) is 1.83. The fourth-order valence-electron chi connectivity index (χ4n) is 3.32. The highest BCUT2D eigenvalue weighted by Gasteiger charge is 2.21. The van der Waals surface area contributed by atoms with Crippen LogP contribution in [0.15, 0.2) is 24.3 Å². The number of benzene rings is 1. The van der Waals surface area contributed by atoms with Crippen LogP contribution >= 0.6 is 12.4 Å². The van der Waals surface area contributed by atoms with Gasteiger partial charge in [0.15, 0.2) is 0 Å². The fraction of sp³-hybridized carbons (Fsp3) is 0.600. The van der Waals surface area contributed by atoms with Crippen LogP contribution in [0.5, 0.6) is 0 Å². The Bertz CT molecular complexity index is 574. The molecule has 0 saturated heterocycles. The summed E-state index contributed by atoms with van der Waals surface area (Å²) in [5, 5.41) is 9.04. The third-order valence-electron chi connectivity index (χ3n) is 4.81. The van der Waals surface area contributed by atoms with Crippen LogP contribution in [0, 0.1) is 5.92 Å². The lowest BCUT2D eigenvalue weighted by molar-refractivity contribution is -0.126. The zero-order valence-electron chi connectivity index (χ0n) is 15.8. The SMILES string of the molecule is CCNCc1ccccc1NC(=O)C(C)NC(=O)CC1CCCCC1.Cl. The van der Waals surface area contributed by atoms with Crippen molar-refractivity contribution < 1.29 is 9.59 Å². The Morgan fingerprint density at radius 2 is 1.85 bits per heavy atom. The molecule has 2 rings (SSSR count). The van der Waals surface area contributed by atoms with E-state index >= 15 is 0 Å². The molecule has 1 atom stereocenters. The van der Waals surface area contributed by atoms with Crippen LogP contribution in [0.4, 0.5) is 5.69 Å². The summed E-state index contributed by atoms with van der Waals surface area (Å²) in [6, 6.07) is 7.20. The maximum absolute atomic E-state index is 12.4. The lowest BCUT2D eigenvalue weighted by Crippen LogP contribution is -2.42. The van der Waals surface area contributed by atoms with Crippen molar-refractivity contribution in [1.29, 1.82) is 0 Å². The van der Waals surface area contributed by atoms with Crippen molar-refractivity contribution in [2.45, 2.75) is 65.0 Å². The summed E-state index contributed by atoms with van der Waals surface area (Å²) in [6.07, 6.45) is 6.52. The van der Waals surface area contributed by atoms with Gasteiger partial charge in [-0.2, -0.15) is 0 Å². The number of para-hydroxylation sites is 1. The standard InChI is InChI=1S/C20H31N3O2.ClH/c1-3-21-14-17-11-7-8-12-18(17)23-20(25)15(2)22-19(24)13-16-9-5-4-6-10-16;/h7-8,11-12,15-16,21H,3-6,9-10,13-14H2,1-2H3,(H,22,24)(H,23,25);1H. The van der Waals surface area contributed by atoms with E-state index in [0.717, 1.165) is 30.6 Å². The van der Waals surface area contributed by atoms with Crippen molar-refractivity contribution >= 4 is 29.9 Å². The molecule has 3 N–H and O–H groups in total. The Balaban J connectivity index is 0.00000338. The highest BCUT2D eigenvalue weighted by atomic mass is 35.5. The molecular formula is C20H32ClN3O2. The molecule has 1 aromatic carbocycles. The molecule has 1 aromatic rings. The molecule has 1 saturated carbocycles. The van der Waals surface area contributed by atoms with E-state index in [1.807, 2.05) is 31.2 Å². The number of carbonyl (C=O) groups is 2. The first-order chi connectivity index (χ1) is 12.1. The predicted molar refractivity (Wildman–Crippen MR) is 108 cm³/mol. The van der Waals surface area contributed by atoms with Gasteiger partial charge in [-0.25, -0.2) is 0 Å². The van der Waals surface area contributed by atoms with Gasteiger partial charge in [-0.1, -0.05) is 44.4 Å². The summed E-state index contributed by atoms with van der Waals surface area (Å²) >= 11 is 0. The molecule has 2 amide bonds. The summed E-state index contributed by atoms with van der Waals surface area (Å²) < 4.78 is 0. The molecule has 0 aromatic heterocycles. The molecule has 0 radical (unpaired) electrons. The van der Waals surface area contributed by atoms with Crippen molar-refractivity contribution in [1.82, 2.24) is 10.6 Å². The number of anilines is 1. The highest BCUT2D eigenvalue weighted by molar-refractivity contribution is 5.97. The molecule has 5 nitrogen and oxygen atoms in total. The zero-order chi connectivity index (χ0) is 18.1. The number of amides is 2. The van der Waals surface area contributed by atoms with E-state index in [2.05, 4.69) is 16.0 Å². The minimum atomic E-state index is -0.539. The maximum atomic E-state index is 12.4. The van der Waals surface area contributed by atoms with Gasteiger partial charge in [0.05, 0.1) is 0 Å². The van der Waals surface area contributed by atoms with E-state index in [4.69, 9.17) is 0 Å². The smallest absolute Gasteiger partial charge is 0.246 e. The molecular weight excluding hydrogens is 350 g/mol. The van der Waals surface area contributed by atoms with E-state index in [-0.39, 0.29) is 24.2 Å². The first-order valence-corrected chi connectivity index (χ1v) is 9.49. The van der Waals surface area contributed by atoms with Gasteiger partial charge < -0.3 is 16.0 Å². The molecule has 0 aliphatic heterocycles. The Labute approximate surface area is 163 Å². The second-order valence-electron chi connectivity index (χ2n) is 6.92. The van der Waals surface area contributed by atoms with E-state index in [0.29, 0.717) is 18.9 Å². The summed E-state index contributed by atoms with van der Waals surface area (Å²) in [4.78, 5) is 24.6. The van der Waals surface area contributed by atoms with Crippen molar-refractivity contribution in [2.24, 2.45) is 5.92 Å². The average Bonchev–Trinajstić information content (AvgIpc) is 2.61. The molecule has 1 unspecified atom stereocenters. The largest absolute Gasteiger partial charge is 0.345 e. The molecule has 6 heteroatoms. The monoisotopic (exact) mass is 381 g/mol. The minimum Gasteiger partial charge on any atom is -0.345 e. The second-order valence-corrected chi connectivity index (χ2v) is 6.92. The minimum absolute atomic E-state index is 0. The summed E-state index contributed by atoms with van der Waals surface area (Å²) in [6.45, 7) is 5.36. The average molecular weight is 382 g/mol. The normalized spacial score (nSPS) is 15.6. The number of hydrogen-bond acceptors (Lipinski definition) is 3. The van der Waals surface area contributed by atoms with Crippen LogP contribution in [-0.4, -0.2) is 24.4 Å². The van der Waals surface area contributed by atoms with Crippen LogP contribution in [0.2, 0.25) is 0 Å². The Morgan fingerprint density at radius 3 is 2.54 bits per heavy atom. The second kappa shape index (κ2) is 11.9. The van der Waals surface area contributed by atoms with Gasteiger partial charge in [-0.05, 0) is 43.9 Å². The topological polar surface area (TPSA) is 70.2 Å². The Hall–Kier alpha value is -1.59. The molecule has 0 spiro atoms. The van der Waals surface area contributed by atoms with E-state index in [1.54, 1.807) is 6.92 Å². The number of hydrogen-bond donors (Lipinski definition) is 3. The van der Waals surface area contributed by atoms with E-state index < -0.39 is 6.04 Å². The van der Waals surface area contributed by atoms with Gasteiger partial charge in [0.1, 0.15) is 6.04 Å². The maximum Gasteiger partial charge on any atom is 0.246 e. The number of carbonyl (C=O) groups excluding carboxylic acids is 2. The van der Waals surface area contributed by atoms with Crippen molar-refractivity contribution in [3.8, 4) is 0 Å². The van der Waals surface area contributed by atoms with Crippen molar-refractivity contribution in [3.05, 3.63) is 29.8 Å². The molecule has 0 heterocycles. The quantitative estimate of drug-likeness (QED) is 0.644. The van der Waals surface area contributed by atoms with Gasteiger partial charge >= 0.3 is 0 Å². The van der Waals surface area contributed by atoms with Gasteiger partial charge in [0.2, 0.25) is 11.8 Å². The van der Waals surface area contributed by atoms with E-state index in [1.165, 1.54) is 19.3 Å². The third kappa shape index (κ3) is 7.34. The van der Waals surface area contributed by atoms with Gasteiger partial charge in [-0.15, -0.1) is 12.4 Å². The van der Waals surface area contributed by atoms with Crippen LogP contribution in [0.25, 0.3) is 0 Å². The third-order valence-corrected chi connectivity index (χ3v) is 4.81. The molecule has 1 aliphatic carbocycles. The Morgan fingerprint density at radius 1 is 1.15 bits per heavy atom. The van der Waals surface area contributed by atoms with Gasteiger partial charge in [0.25, 0.3) is 0 Å². The highest BCUT2D eigenvalue weighted by Crippen LogP contribution is 2.26. The molecule has 1 aliphatic rings. The van der Waals surface area contributed by atoms with E-state index in [9.17, 15) is 9.59 Å². The molecule has 0 bridgehead atoms. The predicted octanol–water partition coefficient (Wildman–Crippen LogP) is 3.63. The molecule has 26 heavy (non-hydrogen) atoms. The fourth-order valence-corrected chi connectivity index (χ4v) is 3.32. The lowest BCUT2D eigenvalue weighted by atomic mass is 9.87. The summed E-state index contributed by atoms with van der Waals surface area (Å²) in [5.74, 6) is 0.279. The van der Waals surface area contributed by atoms with Crippen molar-refractivity contribution in [2.75, 3.05) is 11.9 Å². The van der Waals surface area contributed by atoms with Crippen LogP contribution in [-0.2, 0) is 16.1 Å². The van der Waals surface area contributed by atoms with Gasteiger partial charge in [0, 0.05) is 18.7 Å². The molecule has 1 fully saturated rings. The molecule has 146 valence electrons. The first-order valence-electron chi connectivity index (χ1n) is 9.49. The van der Waals surface area contributed by atoms with Crippen LogP contribution < -0.4 is 16.0 Å². The number of halogens is 1. The van der Waals surface area contributed by atoms with Crippen molar-refractivity contribution in [3.63, 3.8) is 0 Å². The zero-order valence-corrected chi connectivity index (χ0v) is 16.7. The van der Waals surface area contributed by atoms with Gasteiger partial charge in [-0.3, -0.25) is 9.59 Å². The number of rotatable bonds is 8.